The molecule has 2 N–H and O–H groups in total. The van der Waals surface area contributed by atoms with Gasteiger partial charge in [0.1, 0.15) is 17.6 Å². The lowest BCUT2D eigenvalue weighted by atomic mass is 9.21. The predicted molar refractivity (Wildman–Crippen MR) is 169 cm³/mol. The van der Waals surface area contributed by atoms with Gasteiger partial charge in [-0.1, -0.05) is 17.7 Å². The Bertz CT molecular complexity index is 2130. The normalized spacial score (nSPS) is 26.8. The third kappa shape index (κ3) is 3.40. The SMILES string of the molecule is CC(C)(O)c1ccc(-c2cc(-c3cnc(N4C5CC6CC7(NC(=O)c8ncccc8Cl)CC4C657)cn3)c3c(C#N)cnn3c2)nc1. The van der Waals surface area contributed by atoms with Crippen LogP contribution in [0, 0.1) is 22.7 Å². The molecular formula is C34H28ClN9O2. The van der Waals surface area contributed by atoms with E-state index in [0.29, 0.717) is 51.1 Å². The van der Waals surface area contributed by atoms with Crippen LogP contribution in [0.2, 0.25) is 5.02 Å². The molecule has 3 saturated carbocycles. The van der Waals surface area contributed by atoms with Crippen molar-refractivity contribution in [3.8, 4) is 28.6 Å². The van der Waals surface area contributed by atoms with Crippen LogP contribution >= 0.6 is 11.6 Å². The Kier molecular flexibility index (Phi) is 5.41. The van der Waals surface area contributed by atoms with Crippen molar-refractivity contribution < 1.29 is 9.90 Å². The summed E-state index contributed by atoms with van der Waals surface area (Å²) < 4.78 is 1.68. The molecule has 228 valence electrons. The summed E-state index contributed by atoms with van der Waals surface area (Å²) in [4.78, 5) is 34.0. The van der Waals surface area contributed by atoms with Gasteiger partial charge >= 0.3 is 0 Å². The van der Waals surface area contributed by atoms with Crippen molar-refractivity contribution in [3.05, 3.63) is 89.4 Å². The molecule has 3 aliphatic carbocycles. The van der Waals surface area contributed by atoms with E-state index in [9.17, 15) is 15.2 Å². The largest absolute Gasteiger partial charge is 0.386 e. The molecule has 5 aromatic heterocycles. The van der Waals surface area contributed by atoms with E-state index in [2.05, 4.69) is 31.4 Å². The number of aromatic nitrogens is 6. The fourth-order valence-corrected chi connectivity index (χ4v) is 9.07. The van der Waals surface area contributed by atoms with E-state index in [0.717, 1.165) is 36.2 Å². The standard InChI is InChI=1S/C34H28ClN9O2/c1-32(2,46)20-5-6-24(38-14-20)18-8-22(30-19(12-36)13-41-43(30)17-18)25-15-40-28(16-39-25)44-26-9-21-10-33(11-27(44)34(21,26)33)42-31(45)29-23(35)4-3-7-37-29/h3-8,13-17,21,26-27,46H,9-11H2,1-2H3,(H,42,45). The monoisotopic (exact) mass is 629 g/mol. The van der Waals surface area contributed by atoms with E-state index in [1.807, 2.05) is 30.6 Å². The molecule has 46 heavy (non-hydrogen) atoms. The molecule has 5 aromatic rings. The Balaban J connectivity index is 1.00. The van der Waals surface area contributed by atoms with Crippen molar-refractivity contribution in [2.24, 2.45) is 11.3 Å². The first-order valence-electron chi connectivity index (χ1n) is 15.3. The molecule has 1 amide bonds. The van der Waals surface area contributed by atoms with E-state index < -0.39 is 5.60 Å². The summed E-state index contributed by atoms with van der Waals surface area (Å²) in [5.41, 5.74) is 3.76. The lowest BCUT2D eigenvalue weighted by Crippen LogP contribution is -3.03. The van der Waals surface area contributed by atoms with E-state index >= 15 is 0 Å². The number of aliphatic hydroxyl groups is 1. The van der Waals surface area contributed by atoms with Crippen molar-refractivity contribution in [2.45, 2.75) is 56.3 Å². The number of nitrogens with one attached hydrogen (secondary N) is 1. The second-order valence-corrected chi connectivity index (χ2v) is 13.8. The van der Waals surface area contributed by atoms with Crippen LogP contribution in [0.25, 0.3) is 28.0 Å². The van der Waals surface area contributed by atoms with Crippen molar-refractivity contribution in [2.75, 3.05) is 4.90 Å². The molecule has 6 heterocycles. The zero-order valence-corrected chi connectivity index (χ0v) is 25.8. The molecule has 0 bridgehead atoms. The first kappa shape index (κ1) is 27.4. The van der Waals surface area contributed by atoms with Gasteiger partial charge in [-0.05, 0) is 63.3 Å². The maximum absolute atomic E-state index is 13.1. The van der Waals surface area contributed by atoms with Crippen LogP contribution in [0.4, 0.5) is 5.82 Å². The Morgan fingerprint density at radius 1 is 1.09 bits per heavy atom. The first-order chi connectivity index (χ1) is 22.1. The number of halogens is 1. The quantitative estimate of drug-likeness (QED) is 0.276. The van der Waals surface area contributed by atoms with Gasteiger partial charge in [-0.15, -0.1) is 0 Å². The number of carbonyl (C=O) groups excluding carboxylic acids is 1. The van der Waals surface area contributed by atoms with Gasteiger partial charge in [0.15, 0.2) is 0 Å². The molecule has 0 radical (unpaired) electrons. The van der Waals surface area contributed by atoms with Crippen LogP contribution in [0.1, 0.15) is 54.7 Å². The van der Waals surface area contributed by atoms with E-state index in [1.54, 1.807) is 55.3 Å². The van der Waals surface area contributed by atoms with Crippen LogP contribution in [-0.2, 0) is 5.60 Å². The number of rotatable bonds is 6. The Hall–Kier alpha value is -4.92. The highest BCUT2D eigenvalue weighted by Crippen LogP contribution is 2.84. The third-order valence-electron chi connectivity index (χ3n) is 10.9. The van der Waals surface area contributed by atoms with Crippen LogP contribution in [0.5, 0.6) is 0 Å². The van der Waals surface area contributed by atoms with Gasteiger partial charge in [0.2, 0.25) is 0 Å². The summed E-state index contributed by atoms with van der Waals surface area (Å²) in [6, 6.07) is 11.9. The second-order valence-electron chi connectivity index (χ2n) is 13.4. The Morgan fingerprint density at radius 3 is 2.61 bits per heavy atom. The van der Waals surface area contributed by atoms with Gasteiger partial charge in [0.05, 0.1) is 57.2 Å². The summed E-state index contributed by atoms with van der Waals surface area (Å²) in [7, 11) is 0. The smallest absolute Gasteiger partial charge is 0.271 e. The van der Waals surface area contributed by atoms with Crippen molar-refractivity contribution in [1.29, 1.82) is 5.26 Å². The lowest BCUT2D eigenvalue weighted by Gasteiger charge is -2.93. The van der Waals surface area contributed by atoms with Gasteiger partial charge in [0.25, 0.3) is 5.91 Å². The van der Waals surface area contributed by atoms with Crippen LogP contribution in [0.15, 0.2) is 67.5 Å². The number of carbonyl (C=O) groups is 1. The molecular weight excluding hydrogens is 602 g/mol. The summed E-state index contributed by atoms with van der Waals surface area (Å²) in [6.07, 6.45) is 13.1. The van der Waals surface area contributed by atoms with Crippen LogP contribution < -0.4 is 10.2 Å². The molecule has 12 heteroatoms. The zero-order chi connectivity index (χ0) is 31.6. The minimum Gasteiger partial charge on any atom is -0.386 e. The first-order valence-corrected chi connectivity index (χ1v) is 15.7. The molecule has 4 fully saturated rings. The molecule has 0 aromatic carbocycles. The van der Waals surface area contributed by atoms with E-state index in [4.69, 9.17) is 21.6 Å². The average Bonchev–Trinajstić information content (AvgIpc) is 3.44. The molecule has 1 spiro atoms. The summed E-state index contributed by atoms with van der Waals surface area (Å²) in [6.45, 7) is 3.44. The van der Waals surface area contributed by atoms with Gasteiger partial charge in [-0.3, -0.25) is 14.8 Å². The summed E-state index contributed by atoms with van der Waals surface area (Å²) >= 11 is 6.26. The number of pyridine rings is 3. The maximum Gasteiger partial charge on any atom is 0.271 e. The fraction of sp³-hybridized carbons (Fsp3) is 0.324. The van der Waals surface area contributed by atoms with Crippen molar-refractivity contribution in [1.82, 2.24) is 34.9 Å². The number of hydrogen-bond acceptors (Lipinski definition) is 9. The predicted octanol–water partition coefficient (Wildman–Crippen LogP) is 4.54. The van der Waals surface area contributed by atoms with E-state index in [-0.39, 0.29) is 22.6 Å². The molecule has 11 nitrogen and oxygen atoms in total. The molecule has 1 saturated heterocycles. The summed E-state index contributed by atoms with van der Waals surface area (Å²) in [5.74, 6) is 1.21. The molecule has 9 rings (SSSR count). The highest BCUT2D eigenvalue weighted by atomic mass is 35.5. The summed E-state index contributed by atoms with van der Waals surface area (Å²) in [5, 5.41) is 28.3. The minimum atomic E-state index is -1.00. The Labute approximate surface area is 268 Å². The lowest BCUT2D eigenvalue weighted by molar-refractivity contribution is -0.326. The third-order valence-corrected chi connectivity index (χ3v) is 11.2. The van der Waals surface area contributed by atoms with Crippen molar-refractivity contribution in [3.63, 3.8) is 0 Å². The fourth-order valence-electron chi connectivity index (χ4n) is 8.87. The molecule has 1 aliphatic heterocycles. The van der Waals surface area contributed by atoms with Crippen LogP contribution in [-0.4, -0.2) is 58.2 Å². The molecule has 5 atom stereocenters. The van der Waals surface area contributed by atoms with Crippen molar-refractivity contribution >= 4 is 28.8 Å². The number of hydrogen-bond donors (Lipinski definition) is 2. The number of nitriles is 1. The number of anilines is 1. The highest BCUT2D eigenvalue weighted by Gasteiger charge is 2.91. The maximum atomic E-state index is 13.1. The van der Waals surface area contributed by atoms with Crippen LogP contribution in [0.3, 0.4) is 0 Å². The number of fused-ring (bicyclic) bond motifs is 1. The number of piperidine rings is 2. The molecule has 4 aliphatic rings. The van der Waals surface area contributed by atoms with Gasteiger partial charge in [-0.25, -0.2) is 14.5 Å². The van der Waals surface area contributed by atoms with Gasteiger partial charge in [-0.2, -0.15) is 10.4 Å². The molecule has 5 unspecified atom stereocenters. The topological polar surface area (TPSA) is 145 Å². The zero-order valence-electron chi connectivity index (χ0n) is 25.0. The highest BCUT2D eigenvalue weighted by molar-refractivity contribution is 6.33. The Morgan fingerprint density at radius 2 is 1.93 bits per heavy atom. The average molecular weight is 630 g/mol. The minimum absolute atomic E-state index is 0.0812. The van der Waals surface area contributed by atoms with Gasteiger partial charge < -0.3 is 15.3 Å². The number of amides is 1. The van der Waals surface area contributed by atoms with Gasteiger partial charge in [0, 0.05) is 52.8 Å². The second kappa shape index (κ2) is 9.09. The van der Waals surface area contributed by atoms with E-state index in [1.165, 1.54) is 0 Å². The number of nitrogens with zero attached hydrogens (tertiary/aromatic N) is 8.